The first-order valence-electron chi connectivity index (χ1n) is 5.38. The van der Waals surface area contributed by atoms with Crippen LogP contribution in [0.15, 0.2) is 17.0 Å². The maximum atomic E-state index is 13.8. The van der Waals surface area contributed by atoms with E-state index in [-0.39, 0.29) is 6.61 Å². The molecule has 8 heteroatoms. The highest BCUT2D eigenvalue weighted by atomic mass is 35.7. The van der Waals surface area contributed by atoms with E-state index in [1.807, 2.05) is 6.92 Å². The second-order valence-corrected chi connectivity index (χ2v) is 6.20. The summed E-state index contributed by atoms with van der Waals surface area (Å²) in [6, 6.07) is 1.30. The Bertz CT molecular complexity index is 587. The van der Waals surface area contributed by atoms with Gasteiger partial charge in [-0.25, -0.2) is 22.0 Å². The minimum absolute atomic E-state index is 0.00787. The average Bonchev–Trinajstić information content (AvgIpc) is 2.27. The lowest BCUT2D eigenvalue weighted by molar-refractivity contribution is 0.0488. The molecule has 0 heterocycles. The number of carbonyl (C=O) groups excluding carboxylic acids is 1. The third-order valence-electron chi connectivity index (χ3n) is 2.25. The number of halogens is 3. The van der Waals surface area contributed by atoms with E-state index in [9.17, 15) is 22.0 Å². The number of carbonyl (C=O) groups is 1. The molecular formula is C11H11ClF2O4S. The molecule has 0 radical (unpaired) electrons. The lowest BCUT2D eigenvalue weighted by Crippen LogP contribution is -2.13. The first kappa shape index (κ1) is 15.8. The van der Waals surface area contributed by atoms with Crippen LogP contribution in [0.5, 0.6) is 0 Å². The minimum Gasteiger partial charge on any atom is -0.462 e. The standard InChI is InChI=1S/C11H11ClF2O4S/c1-2-3-6-18-11(15)9-7(13)4-5-8(10(9)14)19(12,16)17/h4-5H,2-3,6H2,1H3. The van der Waals surface area contributed by atoms with Crippen LogP contribution < -0.4 is 0 Å². The van der Waals surface area contributed by atoms with Crippen LogP contribution in [-0.4, -0.2) is 21.0 Å². The SMILES string of the molecule is CCCCOC(=O)c1c(F)ccc(S(=O)(=O)Cl)c1F. The van der Waals surface area contributed by atoms with Crippen molar-refractivity contribution in [3.05, 3.63) is 29.3 Å². The fourth-order valence-corrected chi connectivity index (χ4v) is 2.19. The van der Waals surface area contributed by atoms with Crippen molar-refractivity contribution < 1.29 is 26.7 Å². The van der Waals surface area contributed by atoms with E-state index >= 15 is 0 Å². The molecule has 0 aliphatic rings. The summed E-state index contributed by atoms with van der Waals surface area (Å²) in [4.78, 5) is 10.5. The average molecular weight is 313 g/mol. The minimum atomic E-state index is -4.41. The van der Waals surface area contributed by atoms with Gasteiger partial charge in [0, 0.05) is 10.7 Å². The van der Waals surface area contributed by atoms with Crippen molar-refractivity contribution in [2.75, 3.05) is 6.61 Å². The van der Waals surface area contributed by atoms with E-state index in [1.54, 1.807) is 0 Å². The number of esters is 1. The largest absolute Gasteiger partial charge is 0.462 e. The normalized spacial score (nSPS) is 11.4. The topological polar surface area (TPSA) is 60.4 Å². The van der Waals surface area contributed by atoms with Crippen LogP contribution >= 0.6 is 10.7 Å². The monoisotopic (exact) mass is 312 g/mol. The highest BCUT2D eigenvalue weighted by molar-refractivity contribution is 8.13. The van der Waals surface area contributed by atoms with E-state index in [0.717, 1.165) is 6.42 Å². The van der Waals surface area contributed by atoms with E-state index < -0.39 is 37.1 Å². The Hall–Kier alpha value is -1.21. The van der Waals surface area contributed by atoms with Gasteiger partial charge in [-0.15, -0.1) is 0 Å². The molecule has 106 valence electrons. The Morgan fingerprint density at radius 3 is 2.53 bits per heavy atom. The summed E-state index contributed by atoms with van der Waals surface area (Å²) in [5, 5.41) is 0. The molecule has 19 heavy (non-hydrogen) atoms. The maximum absolute atomic E-state index is 13.8. The van der Waals surface area contributed by atoms with E-state index in [0.29, 0.717) is 18.6 Å². The second kappa shape index (κ2) is 6.29. The van der Waals surface area contributed by atoms with Crippen molar-refractivity contribution in [1.29, 1.82) is 0 Å². The maximum Gasteiger partial charge on any atom is 0.344 e. The Labute approximate surface area is 113 Å². The van der Waals surface area contributed by atoms with Gasteiger partial charge in [-0.05, 0) is 18.6 Å². The number of benzene rings is 1. The fourth-order valence-electron chi connectivity index (χ4n) is 1.29. The molecule has 0 aliphatic heterocycles. The quantitative estimate of drug-likeness (QED) is 0.476. The molecule has 0 fully saturated rings. The summed E-state index contributed by atoms with van der Waals surface area (Å²) in [6.07, 6.45) is 1.26. The van der Waals surface area contributed by atoms with Gasteiger partial charge in [0.2, 0.25) is 0 Å². The zero-order valence-electron chi connectivity index (χ0n) is 9.95. The fraction of sp³-hybridized carbons (Fsp3) is 0.364. The summed E-state index contributed by atoms with van der Waals surface area (Å²) < 4.78 is 53.9. The highest BCUT2D eigenvalue weighted by Gasteiger charge is 2.26. The molecule has 0 saturated carbocycles. The van der Waals surface area contributed by atoms with Gasteiger partial charge in [-0.3, -0.25) is 0 Å². The molecule has 4 nitrogen and oxygen atoms in total. The smallest absolute Gasteiger partial charge is 0.344 e. The van der Waals surface area contributed by atoms with Crippen LogP contribution in [0.4, 0.5) is 8.78 Å². The summed E-state index contributed by atoms with van der Waals surface area (Å²) in [6.45, 7) is 1.84. The van der Waals surface area contributed by atoms with Gasteiger partial charge in [-0.1, -0.05) is 13.3 Å². The molecule has 0 saturated heterocycles. The third-order valence-corrected chi connectivity index (χ3v) is 3.59. The molecule has 1 aromatic rings. The summed E-state index contributed by atoms with van der Waals surface area (Å²) in [5.74, 6) is -4.01. The van der Waals surface area contributed by atoms with Gasteiger partial charge in [0.05, 0.1) is 6.61 Å². The second-order valence-electron chi connectivity index (χ2n) is 3.66. The molecular weight excluding hydrogens is 302 g/mol. The molecule has 0 bridgehead atoms. The van der Waals surface area contributed by atoms with Crippen LogP contribution in [0, 0.1) is 11.6 Å². The van der Waals surface area contributed by atoms with Crippen LogP contribution in [0.25, 0.3) is 0 Å². The van der Waals surface area contributed by atoms with Gasteiger partial charge in [0.25, 0.3) is 9.05 Å². The number of hydrogen-bond acceptors (Lipinski definition) is 4. The number of ether oxygens (including phenoxy) is 1. The first-order chi connectivity index (χ1) is 8.79. The summed E-state index contributed by atoms with van der Waals surface area (Å²) in [5.41, 5.74) is -1.06. The van der Waals surface area contributed by atoms with E-state index in [1.165, 1.54) is 0 Å². The zero-order chi connectivity index (χ0) is 14.6. The number of rotatable bonds is 5. The molecule has 0 spiro atoms. The molecule has 0 unspecified atom stereocenters. The van der Waals surface area contributed by atoms with Crippen LogP contribution in [0.1, 0.15) is 30.1 Å². The lowest BCUT2D eigenvalue weighted by atomic mass is 10.2. The predicted molar refractivity (Wildman–Crippen MR) is 64.6 cm³/mol. The van der Waals surface area contributed by atoms with Gasteiger partial charge < -0.3 is 4.74 Å². The van der Waals surface area contributed by atoms with Crippen molar-refractivity contribution in [1.82, 2.24) is 0 Å². The van der Waals surface area contributed by atoms with Gasteiger partial charge in [-0.2, -0.15) is 0 Å². The molecule has 1 aromatic carbocycles. The van der Waals surface area contributed by atoms with E-state index in [2.05, 4.69) is 4.74 Å². The van der Waals surface area contributed by atoms with Crippen LogP contribution in [0.3, 0.4) is 0 Å². The number of unbranched alkanes of at least 4 members (excludes halogenated alkanes) is 1. The molecule has 0 aliphatic carbocycles. The van der Waals surface area contributed by atoms with Gasteiger partial charge in [0.1, 0.15) is 16.3 Å². The Kier molecular flexibility index (Phi) is 5.25. The number of hydrogen-bond donors (Lipinski definition) is 0. The van der Waals surface area contributed by atoms with Crippen molar-refractivity contribution in [2.45, 2.75) is 24.7 Å². The molecule has 1 rings (SSSR count). The molecule has 0 aromatic heterocycles. The molecule has 0 amide bonds. The molecule has 0 N–H and O–H groups in total. The van der Waals surface area contributed by atoms with Gasteiger partial charge in [0.15, 0.2) is 5.82 Å². The Morgan fingerprint density at radius 2 is 2.00 bits per heavy atom. The van der Waals surface area contributed by atoms with Crippen molar-refractivity contribution in [3.63, 3.8) is 0 Å². The molecule has 0 atom stereocenters. The summed E-state index contributed by atoms with van der Waals surface area (Å²) >= 11 is 0. The van der Waals surface area contributed by atoms with Crippen LogP contribution in [0.2, 0.25) is 0 Å². The third kappa shape index (κ3) is 3.87. The van der Waals surface area contributed by atoms with Crippen molar-refractivity contribution in [3.8, 4) is 0 Å². The van der Waals surface area contributed by atoms with Crippen molar-refractivity contribution in [2.24, 2.45) is 0 Å². The Balaban J connectivity index is 3.17. The van der Waals surface area contributed by atoms with Crippen LogP contribution in [-0.2, 0) is 13.8 Å². The zero-order valence-corrected chi connectivity index (χ0v) is 11.5. The highest BCUT2D eigenvalue weighted by Crippen LogP contribution is 2.24. The Morgan fingerprint density at radius 1 is 1.37 bits per heavy atom. The lowest BCUT2D eigenvalue weighted by Gasteiger charge is -2.08. The van der Waals surface area contributed by atoms with E-state index in [4.69, 9.17) is 10.7 Å². The summed E-state index contributed by atoms with van der Waals surface area (Å²) in [7, 11) is 0.569. The van der Waals surface area contributed by atoms with Gasteiger partial charge >= 0.3 is 5.97 Å². The first-order valence-corrected chi connectivity index (χ1v) is 7.69. The van der Waals surface area contributed by atoms with Crippen molar-refractivity contribution >= 4 is 25.7 Å². The predicted octanol–water partition coefficient (Wildman–Crippen LogP) is 2.85.